The van der Waals surface area contributed by atoms with Crippen molar-refractivity contribution in [2.75, 3.05) is 0 Å². The van der Waals surface area contributed by atoms with E-state index in [4.69, 9.17) is 8.83 Å². The molecule has 182 valence electrons. The molecule has 0 saturated heterocycles. The Morgan fingerprint density at radius 1 is 0.395 bits per heavy atom. The number of benzene rings is 6. The summed E-state index contributed by atoms with van der Waals surface area (Å²) in [7, 11) is 0. The van der Waals surface area contributed by atoms with Gasteiger partial charge in [-0.3, -0.25) is 0 Å². The molecule has 0 fully saturated rings. The van der Waals surface area contributed by atoms with E-state index in [1.165, 1.54) is 55.3 Å². The van der Waals surface area contributed by atoms with Gasteiger partial charge in [-0.05, 0) is 108 Å². The van der Waals surface area contributed by atoms with Crippen molar-refractivity contribution in [1.29, 1.82) is 0 Å². The Labute approximate surface area is 220 Å². The maximum atomic E-state index is 6.61. The van der Waals surface area contributed by atoms with Crippen molar-refractivity contribution in [3.8, 4) is 33.4 Å². The van der Waals surface area contributed by atoms with Gasteiger partial charge < -0.3 is 8.83 Å². The second-order valence-corrected chi connectivity index (χ2v) is 10.8. The average Bonchev–Trinajstić information content (AvgIpc) is 2.91. The maximum absolute atomic E-state index is 6.61. The molecule has 0 amide bonds. The van der Waals surface area contributed by atoms with Gasteiger partial charge in [0.25, 0.3) is 0 Å². The Kier molecular flexibility index (Phi) is 4.24. The average molecular weight is 491 g/mol. The number of hydrogen-bond donors (Lipinski definition) is 0. The molecule has 6 aromatic carbocycles. The van der Waals surface area contributed by atoms with E-state index in [2.05, 4.69) is 113 Å². The highest BCUT2D eigenvalue weighted by Crippen LogP contribution is 2.50. The zero-order valence-electron chi connectivity index (χ0n) is 21.9. The minimum atomic E-state index is 0.884. The van der Waals surface area contributed by atoms with Crippen molar-refractivity contribution in [3.05, 3.63) is 107 Å². The van der Waals surface area contributed by atoms with Crippen LogP contribution < -0.4 is 0 Å². The Balaban J connectivity index is 1.50. The fourth-order valence-electron chi connectivity index (χ4n) is 6.57. The first-order chi connectivity index (χ1) is 18.5. The fourth-order valence-corrected chi connectivity index (χ4v) is 6.57. The predicted octanol–water partition coefficient (Wildman–Crippen LogP) is 10.6. The van der Waals surface area contributed by atoms with Gasteiger partial charge in [-0.25, -0.2) is 0 Å². The number of hydrogen-bond acceptors (Lipinski definition) is 2. The minimum absolute atomic E-state index is 0.884. The summed E-state index contributed by atoms with van der Waals surface area (Å²) in [6, 6.07) is 30.6. The molecular formula is C36H26O2. The quantitative estimate of drug-likeness (QED) is 0.178. The van der Waals surface area contributed by atoms with Crippen molar-refractivity contribution < 1.29 is 8.83 Å². The molecule has 2 aliphatic heterocycles. The van der Waals surface area contributed by atoms with Crippen LogP contribution in [0.15, 0.2) is 93.8 Å². The van der Waals surface area contributed by atoms with Gasteiger partial charge in [0, 0.05) is 21.9 Å². The lowest BCUT2D eigenvalue weighted by Gasteiger charge is -2.22. The molecule has 6 aromatic rings. The molecule has 8 rings (SSSR count). The van der Waals surface area contributed by atoms with Gasteiger partial charge in [0.05, 0.1) is 0 Å². The summed E-state index contributed by atoms with van der Waals surface area (Å²) in [4.78, 5) is 0. The summed E-state index contributed by atoms with van der Waals surface area (Å²) < 4.78 is 13.2. The molecule has 2 aliphatic rings. The van der Waals surface area contributed by atoms with E-state index >= 15 is 0 Å². The third-order valence-corrected chi connectivity index (χ3v) is 8.24. The highest BCUT2D eigenvalue weighted by atomic mass is 16.3. The third-order valence-electron chi connectivity index (χ3n) is 8.24. The summed E-state index contributed by atoms with van der Waals surface area (Å²) in [5.74, 6) is 0. The molecule has 0 radical (unpaired) electrons. The maximum Gasteiger partial charge on any atom is 0.136 e. The van der Waals surface area contributed by atoms with Crippen molar-refractivity contribution in [2.24, 2.45) is 0 Å². The summed E-state index contributed by atoms with van der Waals surface area (Å²) in [6.45, 7) is 8.67. The van der Waals surface area contributed by atoms with Crippen LogP contribution in [0, 0.1) is 27.7 Å². The van der Waals surface area contributed by atoms with E-state index in [-0.39, 0.29) is 0 Å². The molecule has 0 unspecified atom stereocenters. The fraction of sp³-hybridized carbons (Fsp3) is 0.111. The van der Waals surface area contributed by atoms with Gasteiger partial charge in [-0.2, -0.15) is 0 Å². The number of aryl methyl sites for hydroxylation is 4. The molecule has 0 N–H and O–H groups in total. The van der Waals surface area contributed by atoms with Crippen LogP contribution in [-0.2, 0) is 0 Å². The Morgan fingerprint density at radius 3 is 1.21 bits per heavy atom. The normalized spacial score (nSPS) is 12.2. The zero-order valence-corrected chi connectivity index (χ0v) is 21.9. The topological polar surface area (TPSA) is 26.3 Å². The Hall–Kier alpha value is -4.56. The van der Waals surface area contributed by atoms with Gasteiger partial charge in [0.15, 0.2) is 0 Å². The van der Waals surface area contributed by atoms with Crippen LogP contribution in [0.4, 0.5) is 0 Å². The Morgan fingerprint density at radius 2 is 0.789 bits per heavy atom. The van der Waals surface area contributed by atoms with Crippen LogP contribution in [0.1, 0.15) is 22.3 Å². The second kappa shape index (κ2) is 7.49. The predicted molar refractivity (Wildman–Crippen MR) is 159 cm³/mol. The van der Waals surface area contributed by atoms with Crippen molar-refractivity contribution in [3.63, 3.8) is 0 Å². The molecule has 2 nitrogen and oxygen atoms in total. The molecule has 0 aromatic heterocycles. The first kappa shape index (κ1) is 21.5. The molecule has 0 spiro atoms. The molecule has 2 heterocycles. The van der Waals surface area contributed by atoms with Crippen LogP contribution in [0.3, 0.4) is 0 Å². The SMILES string of the molecule is Cc1ccc(-c2ccc3oc4ccc5c(-c6ccc(C)cc6C)ccc6oc7ccc2c3c7-c4c65)c(C)c1. The van der Waals surface area contributed by atoms with Crippen LogP contribution in [0.5, 0.6) is 0 Å². The van der Waals surface area contributed by atoms with Crippen molar-refractivity contribution >= 4 is 43.9 Å². The van der Waals surface area contributed by atoms with E-state index in [0.29, 0.717) is 0 Å². The second-order valence-electron chi connectivity index (χ2n) is 10.8. The van der Waals surface area contributed by atoms with E-state index in [1.807, 2.05) is 0 Å². The van der Waals surface area contributed by atoms with Crippen LogP contribution in [-0.4, -0.2) is 0 Å². The first-order valence-corrected chi connectivity index (χ1v) is 13.2. The lowest BCUT2D eigenvalue weighted by molar-refractivity contribution is 0.646. The van der Waals surface area contributed by atoms with E-state index < -0.39 is 0 Å². The lowest BCUT2D eigenvalue weighted by atomic mass is 9.85. The minimum Gasteiger partial charge on any atom is -0.456 e. The largest absolute Gasteiger partial charge is 0.456 e. The van der Waals surface area contributed by atoms with Crippen LogP contribution in [0.25, 0.3) is 77.3 Å². The lowest BCUT2D eigenvalue weighted by Crippen LogP contribution is -1.97. The molecule has 0 saturated carbocycles. The van der Waals surface area contributed by atoms with Gasteiger partial charge in [-0.15, -0.1) is 0 Å². The van der Waals surface area contributed by atoms with Crippen LogP contribution in [0.2, 0.25) is 0 Å². The van der Waals surface area contributed by atoms with Gasteiger partial charge in [0.1, 0.15) is 22.3 Å². The Bertz CT molecular complexity index is 2010. The zero-order chi connectivity index (χ0) is 25.7. The van der Waals surface area contributed by atoms with E-state index in [0.717, 1.165) is 44.2 Å². The van der Waals surface area contributed by atoms with E-state index in [9.17, 15) is 0 Å². The molecule has 38 heavy (non-hydrogen) atoms. The monoisotopic (exact) mass is 490 g/mol. The summed E-state index contributed by atoms with van der Waals surface area (Å²) in [6.07, 6.45) is 0. The standard InChI is InChI=1S/C36H26O2/c1-19-5-7-23(21(3)17-19)25-9-13-29-33-27(25)11-15-31-35(33)36-32(37-29)16-12-28-26(10-14-30(38-31)34(28)36)24-8-6-20(2)18-22(24)4/h5-18H,1-4H3. The van der Waals surface area contributed by atoms with Gasteiger partial charge in [0.2, 0.25) is 0 Å². The highest BCUT2D eigenvalue weighted by Gasteiger charge is 2.26. The first-order valence-electron chi connectivity index (χ1n) is 13.2. The molecule has 2 heteroatoms. The third kappa shape index (κ3) is 2.83. The number of rotatable bonds is 2. The van der Waals surface area contributed by atoms with E-state index in [1.54, 1.807) is 0 Å². The summed E-state index contributed by atoms with van der Waals surface area (Å²) >= 11 is 0. The highest BCUT2D eigenvalue weighted by molar-refractivity contribution is 6.26. The van der Waals surface area contributed by atoms with Gasteiger partial charge in [-0.1, -0.05) is 59.7 Å². The summed E-state index contributed by atoms with van der Waals surface area (Å²) in [5, 5.41) is 4.63. The molecule has 0 bridgehead atoms. The molecular weight excluding hydrogens is 464 g/mol. The van der Waals surface area contributed by atoms with Crippen LogP contribution >= 0.6 is 0 Å². The summed E-state index contributed by atoms with van der Waals surface area (Å²) in [5.41, 5.74) is 15.9. The smallest absolute Gasteiger partial charge is 0.136 e. The molecule has 0 aliphatic carbocycles. The van der Waals surface area contributed by atoms with Crippen molar-refractivity contribution in [2.45, 2.75) is 27.7 Å². The molecule has 0 atom stereocenters. The van der Waals surface area contributed by atoms with Gasteiger partial charge >= 0.3 is 0 Å². The van der Waals surface area contributed by atoms with Crippen molar-refractivity contribution in [1.82, 2.24) is 0 Å².